The summed E-state index contributed by atoms with van der Waals surface area (Å²) in [7, 11) is -3.09. The minimum absolute atomic E-state index is 0.0688. The first kappa shape index (κ1) is 18.4. The van der Waals surface area contributed by atoms with Crippen LogP contribution in [0.4, 0.5) is 0 Å². The summed E-state index contributed by atoms with van der Waals surface area (Å²) < 4.78 is 28.2. The van der Waals surface area contributed by atoms with Crippen LogP contribution in [0.15, 0.2) is 54.6 Å². The van der Waals surface area contributed by atoms with E-state index in [9.17, 15) is 18.0 Å². The number of carbonyl (C=O) groups is 2. The van der Waals surface area contributed by atoms with Gasteiger partial charge < -0.3 is 10.1 Å². The number of amides is 1. The van der Waals surface area contributed by atoms with Gasteiger partial charge in [0.1, 0.15) is 0 Å². The summed E-state index contributed by atoms with van der Waals surface area (Å²) in [5.41, 5.74) is 0.421. The largest absolute Gasteiger partial charge is 0.452 e. The summed E-state index contributed by atoms with van der Waals surface area (Å²) in [5, 5.41) is 5.96. The molecule has 1 saturated heterocycles. The molecule has 1 fully saturated rings. The molecular weight excluding hydrogens is 378 g/mol. The van der Waals surface area contributed by atoms with E-state index < -0.39 is 34.4 Å². The van der Waals surface area contributed by atoms with Gasteiger partial charge in [0, 0.05) is 6.04 Å². The second kappa shape index (κ2) is 7.24. The van der Waals surface area contributed by atoms with E-state index in [1.807, 2.05) is 54.6 Å². The monoisotopic (exact) mass is 397 g/mol. The number of hydrogen-bond donors (Lipinski definition) is 1. The molecule has 1 aliphatic heterocycles. The average molecular weight is 397 g/mol. The van der Waals surface area contributed by atoms with Crippen molar-refractivity contribution in [3.05, 3.63) is 60.2 Å². The number of benzene rings is 3. The fraction of sp³-hybridized carbons (Fsp3) is 0.238. The number of hydrogen-bond acceptors (Lipinski definition) is 5. The Kier molecular flexibility index (Phi) is 4.77. The van der Waals surface area contributed by atoms with Crippen molar-refractivity contribution in [2.24, 2.45) is 0 Å². The molecule has 7 heteroatoms. The van der Waals surface area contributed by atoms with Crippen molar-refractivity contribution in [1.82, 2.24) is 5.32 Å². The molecule has 6 nitrogen and oxygen atoms in total. The number of esters is 1. The van der Waals surface area contributed by atoms with Gasteiger partial charge >= 0.3 is 5.97 Å². The summed E-state index contributed by atoms with van der Waals surface area (Å²) in [6.45, 7) is -0.451. The zero-order valence-corrected chi connectivity index (χ0v) is 15.9. The molecule has 0 unspecified atom stereocenters. The molecule has 1 N–H and O–H groups in total. The number of carbonyl (C=O) groups excluding carboxylic acids is 2. The van der Waals surface area contributed by atoms with Crippen LogP contribution >= 0.6 is 0 Å². The van der Waals surface area contributed by atoms with E-state index in [1.54, 1.807) is 0 Å². The van der Waals surface area contributed by atoms with Crippen LogP contribution in [0.5, 0.6) is 0 Å². The smallest absolute Gasteiger partial charge is 0.339 e. The van der Waals surface area contributed by atoms with Crippen molar-refractivity contribution in [3.63, 3.8) is 0 Å². The topological polar surface area (TPSA) is 89.5 Å². The maximum Gasteiger partial charge on any atom is 0.339 e. The molecule has 4 rings (SSSR count). The predicted octanol–water partition coefficient (Wildman–Crippen LogP) is 2.45. The summed E-state index contributed by atoms with van der Waals surface area (Å²) in [5.74, 6) is -1.08. The fourth-order valence-corrected chi connectivity index (χ4v) is 5.29. The number of fused-ring (bicyclic) bond motifs is 2. The van der Waals surface area contributed by atoms with Gasteiger partial charge in [-0.2, -0.15) is 0 Å². The van der Waals surface area contributed by atoms with Crippen LogP contribution in [0.3, 0.4) is 0 Å². The van der Waals surface area contributed by atoms with Gasteiger partial charge in [-0.25, -0.2) is 13.2 Å². The number of nitrogens with one attached hydrogen (secondary N) is 1. The Balaban J connectivity index is 1.54. The molecule has 28 heavy (non-hydrogen) atoms. The Morgan fingerprint density at radius 3 is 2.18 bits per heavy atom. The molecule has 0 aliphatic carbocycles. The Bertz CT molecular complexity index is 1130. The van der Waals surface area contributed by atoms with Gasteiger partial charge in [0.15, 0.2) is 16.4 Å². The van der Waals surface area contributed by atoms with Crippen molar-refractivity contribution >= 4 is 43.3 Å². The van der Waals surface area contributed by atoms with Crippen LogP contribution in [0.2, 0.25) is 0 Å². The lowest BCUT2D eigenvalue weighted by Crippen LogP contribution is -2.38. The van der Waals surface area contributed by atoms with Crippen LogP contribution in [0.25, 0.3) is 21.5 Å². The lowest BCUT2D eigenvalue weighted by atomic mass is 9.97. The first-order chi connectivity index (χ1) is 13.4. The zero-order chi connectivity index (χ0) is 19.7. The van der Waals surface area contributed by atoms with Gasteiger partial charge in [0.05, 0.1) is 17.1 Å². The van der Waals surface area contributed by atoms with Gasteiger partial charge in [-0.3, -0.25) is 4.79 Å². The maximum atomic E-state index is 12.8. The van der Waals surface area contributed by atoms with E-state index in [0.29, 0.717) is 12.0 Å². The van der Waals surface area contributed by atoms with Crippen LogP contribution in [0.1, 0.15) is 16.8 Å². The quantitative estimate of drug-likeness (QED) is 0.540. The van der Waals surface area contributed by atoms with Gasteiger partial charge in [-0.05, 0) is 34.0 Å². The number of rotatable bonds is 4. The van der Waals surface area contributed by atoms with E-state index in [0.717, 1.165) is 21.5 Å². The van der Waals surface area contributed by atoms with Crippen molar-refractivity contribution in [1.29, 1.82) is 0 Å². The van der Waals surface area contributed by atoms with Gasteiger partial charge in [0.25, 0.3) is 5.91 Å². The third-order valence-electron chi connectivity index (χ3n) is 4.91. The molecular formula is C21H19NO5S. The number of ether oxygens (including phenoxy) is 1. The fourth-order valence-electron chi connectivity index (χ4n) is 3.62. The van der Waals surface area contributed by atoms with Crippen molar-refractivity contribution < 1.29 is 22.7 Å². The molecule has 1 heterocycles. The molecule has 3 aromatic carbocycles. The van der Waals surface area contributed by atoms with E-state index in [4.69, 9.17) is 4.74 Å². The van der Waals surface area contributed by atoms with Crippen LogP contribution in [-0.4, -0.2) is 44.4 Å². The zero-order valence-electron chi connectivity index (χ0n) is 15.1. The minimum atomic E-state index is -3.09. The van der Waals surface area contributed by atoms with E-state index in [2.05, 4.69) is 5.32 Å². The third-order valence-corrected chi connectivity index (χ3v) is 6.68. The first-order valence-electron chi connectivity index (χ1n) is 9.00. The molecule has 1 aliphatic rings. The molecule has 0 spiro atoms. The summed E-state index contributed by atoms with van der Waals surface area (Å²) >= 11 is 0. The first-order valence-corrected chi connectivity index (χ1v) is 10.8. The number of sulfone groups is 1. The Labute approximate surface area is 162 Å². The molecule has 0 radical (unpaired) electrons. The summed E-state index contributed by atoms with van der Waals surface area (Å²) in [4.78, 5) is 24.9. The Morgan fingerprint density at radius 2 is 1.61 bits per heavy atom. The maximum absolute atomic E-state index is 12.8. The third kappa shape index (κ3) is 3.71. The normalized spacial score (nSPS) is 18.2. The molecule has 144 valence electrons. The van der Waals surface area contributed by atoms with Crippen LogP contribution in [0, 0.1) is 0 Å². The van der Waals surface area contributed by atoms with Crippen LogP contribution in [-0.2, 0) is 19.4 Å². The highest BCUT2D eigenvalue weighted by Crippen LogP contribution is 2.29. The molecule has 0 saturated carbocycles. The Morgan fingerprint density at radius 1 is 1.00 bits per heavy atom. The SMILES string of the molecule is O=C(COC(=O)c1c2ccccc2cc2ccccc12)N[C@@H]1CCS(=O)(=O)C1. The molecule has 0 bridgehead atoms. The van der Waals surface area contributed by atoms with Gasteiger partial charge in [-0.1, -0.05) is 48.5 Å². The standard InChI is InChI=1S/C21H19NO5S/c23-19(22-16-9-10-28(25,26)13-16)12-27-21(24)20-17-7-3-1-5-14(17)11-15-6-2-4-8-18(15)20/h1-8,11,16H,9-10,12-13H2,(H,22,23)/t16-/m1/s1. The van der Waals surface area contributed by atoms with Crippen molar-refractivity contribution in [2.75, 3.05) is 18.1 Å². The van der Waals surface area contributed by atoms with E-state index >= 15 is 0 Å². The lowest BCUT2D eigenvalue weighted by molar-refractivity contribution is -0.124. The van der Waals surface area contributed by atoms with Crippen LogP contribution < -0.4 is 5.32 Å². The summed E-state index contributed by atoms with van der Waals surface area (Å²) in [6.07, 6.45) is 0.385. The second-order valence-electron chi connectivity index (χ2n) is 6.94. The summed E-state index contributed by atoms with van der Waals surface area (Å²) in [6, 6.07) is 16.6. The predicted molar refractivity (Wildman–Crippen MR) is 107 cm³/mol. The van der Waals surface area contributed by atoms with E-state index in [1.165, 1.54) is 0 Å². The highest BCUT2D eigenvalue weighted by molar-refractivity contribution is 7.91. The van der Waals surface area contributed by atoms with Crippen molar-refractivity contribution in [2.45, 2.75) is 12.5 Å². The average Bonchev–Trinajstić information content (AvgIpc) is 3.02. The van der Waals surface area contributed by atoms with Crippen molar-refractivity contribution in [3.8, 4) is 0 Å². The Hall–Kier alpha value is -2.93. The minimum Gasteiger partial charge on any atom is -0.452 e. The van der Waals surface area contributed by atoms with E-state index in [-0.39, 0.29) is 11.5 Å². The molecule has 1 atom stereocenters. The van der Waals surface area contributed by atoms with Gasteiger partial charge in [-0.15, -0.1) is 0 Å². The molecule has 3 aromatic rings. The lowest BCUT2D eigenvalue weighted by Gasteiger charge is -2.13. The molecule has 0 aromatic heterocycles. The highest BCUT2D eigenvalue weighted by Gasteiger charge is 2.29. The second-order valence-corrected chi connectivity index (χ2v) is 9.17. The highest BCUT2D eigenvalue weighted by atomic mass is 32.2. The van der Waals surface area contributed by atoms with Gasteiger partial charge in [0.2, 0.25) is 0 Å². The molecule has 1 amide bonds.